The van der Waals surface area contributed by atoms with Crippen LogP contribution in [0, 0.1) is 22.8 Å². The Balaban J connectivity index is 1.79. The molecule has 1 heterocycles. The van der Waals surface area contributed by atoms with Gasteiger partial charge in [0.1, 0.15) is 6.54 Å². The van der Waals surface area contributed by atoms with Crippen molar-refractivity contribution in [2.45, 2.75) is 19.9 Å². The zero-order valence-corrected chi connectivity index (χ0v) is 13.7. The second kappa shape index (κ2) is 7.29. The van der Waals surface area contributed by atoms with Crippen molar-refractivity contribution in [3.8, 4) is 23.7 Å². The van der Waals surface area contributed by atoms with E-state index >= 15 is 0 Å². The van der Waals surface area contributed by atoms with Crippen molar-refractivity contribution in [3.63, 3.8) is 0 Å². The minimum absolute atomic E-state index is 0.201. The molecule has 2 aromatic carbocycles. The highest BCUT2D eigenvalue weighted by Gasteiger charge is 2.14. The van der Waals surface area contributed by atoms with E-state index < -0.39 is 0 Å². The Kier molecular flexibility index (Phi) is 4.73. The van der Waals surface area contributed by atoms with Gasteiger partial charge >= 0.3 is 0 Å². The van der Waals surface area contributed by atoms with Gasteiger partial charge in [-0.25, -0.2) is 0 Å². The molecule has 0 radical (unpaired) electrons. The lowest BCUT2D eigenvalue weighted by molar-refractivity contribution is 0.506. The molecule has 0 aliphatic carbocycles. The zero-order valence-electron chi connectivity index (χ0n) is 13.7. The van der Waals surface area contributed by atoms with Crippen LogP contribution in [0.25, 0.3) is 11.5 Å². The molecule has 6 heteroatoms. The van der Waals surface area contributed by atoms with E-state index in [9.17, 15) is 5.26 Å². The summed E-state index contributed by atoms with van der Waals surface area (Å²) >= 11 is 0. The number of hydrogen-bond donors (Lipinski definition) is 0. The Morgan fingerprint density at radius 3 is 2.56 bits per heavy atom. The maximum Gasteiger partial charge on any atom is 0.247 e. The van der Waals surface area contributed by atoms with Crippen molar-refractivity contribution < 1.29 is 4.42 Å². The molecule has 0 amide bonds. The normalized spacial score (nSPS) is 10.0. The summed E-state index contributed by atoms with van der Waals surface area (Å²) in [5.41, 5.74) is 3.24. The van der Waals surface area contributed by atoms with Crippen LogP contribution in [0.15, 0.2) is 52.9 Å². The Morgan fingerprint density at radius 2 is 1.88 bits per heavy atom. The van der Waals surface area contributed by atoms with Crippen LogP contribution in [-0.2, 0) is 13.0 Å². The van der Waals surface area contributed by atoms with Gasteiger partial charge < -0.3 is 4.42 Å². The first-order chi connectivity index (χ1) is 12.2. The zero-order chi connectivity index (χ0) is 17.6. The molecule has 0 atom stereocenters. The molecular weight excluding hydrogens is 314 g/mol. The van der Waals surface area contributed by atoms with E-state index in [1.807, 2.05) is 24.3 Å². The molecule has 0 unspecified atom stereocenters. The number of rotatable bonds is 5. The Labute approximate surface area is 145 Å². The van der Waals surface area contributed by atoms with E-state index in [2.05, 4.69) is 29.4 Å². The lowest BCUT2D eigenvalue weighted by atomic mass is 10.1. The van der Waals surface area contributed by atoms with Crippen LogP contribution in [0.2, 0.25) is 0 Å². The summed E-state index contributed by atoms with van der Waals surface area (Å²) in [5.74, 6) is 0.711. The van der Waals surface area contributed by atoms with E-state index in [-0.39, 0.29) is 6.54 Å². The van der Waals surface area contributed by atoms with Crippen molar-refractivity contribution >= 4 is 5.69 Å². The van der Waals surface area contributed by atoms with Gasteiger partial charge in [0.2, 0.25) is 11.8 Å². The second-order valence-electron chi connectivity index (χ2n) is 5.40. The average molecular weight is 329 g/mol. The lowest BCUT2D eigenvalue weighted by Crippen LogP contribution is -2.16. The third kappa shape index (κ3) is 3.65. The van der Waals surface area contributed by atoms with Gasteiger partial charge in [0.15, 0.2) is 6.19 Å². The lowest BCUT2D eigenvalue weighted by Gasteiger charge is -2.14. The standard InChI is InChI=1S/C19H15N5O/c1-2-14-4-3-5-17(10-14)24(13-21)12-18-22-23-19(25-18)16-8-6-15(11-20)7-9-16/h3-10H,2,12H2,1H3. The van der Waals surface area contributed by atoms with Crippen LogP contribution in [-0.4, -0.2) is 10.2 Å². The Morgan fingerprint density at radius 1 is 1.08 bits per heavy atom. The van der Waals surface area contributed by atoms with Crippen LogP contribution in [0.5, 0.6) is 0 Å². The molecule has 6 nitrogen and oxygen atoms in total. The van der Waals surface area contributed by atoms with Crippen LogP contribution in [0.1, 0.15) is 23.9 Å². The highest BCUT2D eigenvalue weighted by atomic mass is 16.4. The van der Waals surface area contributed by atoms with Crippen LogP contribution < -0.4 is 4.90 Å². The summed E-state index contributed by atoms with van der Waals surface area (Å²) in [6, 6.07) is 16.7. The molecule has 3 aromatic rings. The molecule has 0 spiro atoms. The van der Waals surface area contributed by atoms with Gasteiger partial charge in [-0.1, -0.05) is 19.1 Å². The SMILES string of the molecule is CCc1cccc(N(C#N)Cc2nnc(-c3ccc(C#N)cc3)o2)c1. The molecule has 1 aromatic heterocycles. The third-order valence-electron chi connectivity index (χ3n) is 3.77. The molecule has 0 fully saturated rings. The van der Waals surface area contributed by atoms with Crippen molar-refractivity contribution in [1.29, 1.82) is 10.5 Å². The predicted molar refractivity (Wildman–Crippen MR) is 92.1 cm³/mol. The summed E-state index contributed by atoms with van der Waals surface area (Å²) in [6.45, 7) is 2.27. The Hall–Kier alpha value is -3.64. The maximum absolute atomic E-state index is 9.44. The summed E-state index contributed by atoms with van der Waals surface area (Å²) in [5, 5.41) is 26.3. The number of aromatic nitrogens is 2. The highest BCUT2D eigenvalue weighted by Crippen LogP contribution is 2.21. The quantitative estimate of drug-likeness (QED) is 0.524. The summed E-state index contributed by atoms with van der Waals surface area (Å²) in [7, 11) is 0. The molecule has 0 saturated carbocycles. The van der Waals surface area contributed by atoms with Gasteiger partial charge in [-0.3, -0.25) is 4.90 Å². The molecule has 25 heavy (non-hydrogen) atoms. The van der Waals surface area contributed by atoms with Gasteiger partial charge in [0.25, 0.3) is 0 Å². The minimum Gasteiger partial charge on any atom is -0.419 e. The highest BCUT2D eigenvalue weighted by molar-refractivity contribution is 5.55. The van der Waals surface area contributed by atoms with Gasteiger partial charge in [0.05, 0.1) is 17.3 Å². The fraction of sp³-hybridized carbons (Fsp3) is 0.158. The van der Waals surface area contributed by atoms with Crippen molar-refractivity contribution in [2.24, 2.45) is 0 Å². The third-order valence-corrected chi connectivity index (χ3v) is 3.77. The van der Waals surface area contributed by atoms with Crippen molar-refractivity contribution in [1.82, 2.24) is 10.2 Å². The topological polar surface area (TPSA) is 89.7 Å². The second-order valence-corrected chi connectivity index (χ2v) is 5.40. The molecular formula is C19H15N5O. The smallest absolute Gasteiger partial charge is 0.247 e. The number of nitriles is 2. The molecule has 122 valence electrons. The number of hydrogen-bond acceptors (Lipinski definition) is 6. The van der Waals surface area contributed by atoms with Gasteiger partial charge in [-0.2, -0.15) is 10.5 Å². The minimum atomic E-state index is 0.201. The molecule has 0 N–H and O–H groups in total. The van der Waals surface area contributed by atoms with Gasteiger partial charge in [-0.05, 0) is 48.4 Å². The number of nitrogens with zero attached hydrogens (tertiary/aromatic N) is 5. The fourth-order valence-electron chi connectivity index (χ4n) is 2.39. The number of anilines is 1. The predicted octanol–water partition coefficient (Wildman–Crippen LogP) is 3.66. The monoisotopic (exact) mass is 329 g/mol. The van der Waals surface area contributed by atoms with Crippen LogP contribution >= 0.6 is 0 Å². The fourth-order valence-corrected chi connectivity index (χ4v) is 2.39. The van der Waals surface area contributed by atoms with E-state index in [0.29, 0.717) is 17.3 Å². The number of aryl methyl sites for hydroxylation is 1. The number of benzene rings is 2. The van der Waals surface area contributed by atoms with Crippen LogP contribution in [0.4, 0.5) is 5.69 Å². The summed E-state index contributed by atoms with van der Waals surface area (Å²) in [4.78, 5) is 1.51. The first-order valence-corrected chi connectivity index (χ1v) is 7.82. The molecule has 0 bridgehead atoms. The van der Waals surface area contributed by atoms with Crippen molar-refractivity contribution in [2.75, 3.05) is 4.90 Å². The first-order valence-electron chi connectivity index (χ1n) is 7.82. The Bertz CT molecular complexity index is 947. The average Bonchev–Trinajstić information content (AvgIpc) is 3.15. The summed E-state index contributed by atoms with van der Waals surface area (Å²) in [6.07, 6.45) is 3.05. The van der Waals surface area contributed by atoms with E-state index in [1.165, 1.54) is 4.90 Å². The van der Waals surface area contributed by atoms with Gasteiger partial charge in [-0.15, -0.1) is 10.2 Å². The molecule has 0 aliphatic rings. The van der Waals surface area contributed by atoms with Crippen LogP contribution in [0.3, 0.4) is 0 Å². The van der Waals surface area contributed by atoms with Gasteiger partial charge in [0, 0.05) is 5.56 Å². The largest absolute Gasteiger partial charge is 0.419 e. The molecule has 0 aliphatic heterocycles. The first kappa shape index (κ1) is 16.2. The van der Waals surface area contributed by atoms with E-state index in [4.69, 9.17) is 9.68 Å². The van der Waals surface area contributed by atoms with E-state index in [1.54, 1.807) is 24.3 Å². The summed E-state index contributed by atoms with van der Waals surface area (Å²) < 4.78 is 5.66. The molecule has 3 rings (SSSR count). The molecule has 0 saturated heterocycles. The van der Waals surface area contributed by atoms with Crippen molar-refractivity contribution in [3.05, 3.63) is 65.5 Å². The van der Waals surface area contributed by atoms with E-state index in [0.717, 1.165) is 23.2 Å². The maximum atomic E-state index is 9.44.